The molecule has 0 aliphatic heterocycles. The van der Waals surface area contributed by atoms with E-state index >= 15 is 0 Å². The van der Waals surface area contributed by atoms with Crippen molar-refractivity contribution in [2.75, 3.05) is 24.8 Å². The van der Waals surface area contributed by atoms with E-state index in [0.29, 0.717) is 12.2 Å². The summed E-state index contributed by atoms with van der Waals surface area (Å²) >= 11 is 2.39. The van der Waals surface area contributed by atoms with Crippen LogP contribution in [0.25, 0.3) is 0 Å². The van der Waals surface area contributed by atoms with Crippen molar-refractivity contribution >= 4 is 52.0 Å². The molecule has 3 amide bonds. The quantitative estimate of drug-likeness (QED) is 0.310. The van der Waals surface area contributed by atoms with Crippen LogP contribution in [0.5, 0.6) is 0 Å². The number of methoxy groups -OCH3 is 1. The average Bonchev–Trinajstić information content (AvgIpc) is 3.08. The highest BCUT2D eigenvalue weighted by Gasteiger charge is 2.27. The number of carbonyl (C=O) groups excluding carboxylic acids is 4. The number of ether oxygens (including phenoxy) is 2. The van der Waals surface area contributed by atoms with E-state index in [4.69, 9.17) is 4.74 Å². The van der Waals surface area contributed by atoms with Crippen LogP contribution >= 0.6 is 23.1 Å². The lowest BCUT2D eigenvalue weighted by Gasteiger charge is -2.08. The number of carbonyl (C=O) groups is 4. The van der Waals surface area contributed by atoms with Gasteiger partial charge in [0.15, 0.2) is 0 Å². The van der Waals surface area contributed by atoms with Crippen molar-refractivity contribution in [3.05, 3.63) is 46.1 Å². The van der Waals surface area contributed by atoms with Crippen molar-refractivity contribution in [2.45, 2.75) is 31.6 Å². The van der Waals surface area contributed by atoms with E-state index in [1.165, 1.54) is 30.8 Å². The number of hydrogen-bond acceptors (Lipinski definition) is 8. The van der Waals surface area contributed by atoms with Gasteiger partial charge >= 0.3 is 12.1 Å². The second kappa shape index (κ2) is 12.2. The molecule has 2 aromatic rings. The predicted octanol–water partition coefficient (Wildman–Crippen LogP) is 4.38. The van der Waals surface area contributed by atoms with Crippen molar-refractivity contribution in [3.63, 3.8) is 0 Å². The molecule has 11 heteroatoms. The van der Waals surface area contributed by atoms with Crippen LogP contribution in [0.4, 0.5) is 14.2 Å². The second-order valence-electron chi connectivity index (χ2n) is 6.38. The third-order valence-corrected chi connectivity index (χ3v) is 6.40. The number of thioether (sulfide) groups is 1. The summed E-state index contributed by atoms with van der Waals surface area (Å²) in [6, 6.07) is 6.07. The zero-order valence-corrected chi connectivity index (χ0v) is 19.4. The van der Waals surface area contributed by atoms with E-state index in [1.807, 2.05) is 5.32 Å². The van der Waals surface area contributed by atoms with Crippen LogP contribution in [0.15, 0.2) is 29.2 Å². The number of nitrogens with one attached hydrogen (secondary N) is 2. The molecule has 0 saturated heterocycles. The fourth-order valence-corrected chi connectivity index (χ4v) is 4.58. The van der Waals surface area contributed by atoms with Gasteiger partial charge in [-0.2, -0.15) is 0 Å². The molecular weight excluding hydrogens is 459 g/mol. The van der Waals surface area contributed by atoms with E-state index in [1.54, 1.807) is 19.1 Å². The van der Waals surface area contributed by atoms with Crippen molar-refractivity contribution in [1.29, 1.82) is 0 Å². The molecule has 0 saturated carbocycles. The topological polar surface area (TPSA) is 111 Å². The number of rotatable bonds is 9. The van der Waals surface area contributed by atoms with Crippen LogP contribution in [-0.4, -0.2) is 43.3 Å². The van der Waals surface area contributed by atoms with Gasteiger partial charge in [0.2, 0.25) is 5.91 Å². The lowest BCUT2D eigenvalue weighted by Crippen LogP contribution is -2.31. The first-order valence-corrected chi connectivity index (χ1v) is 11.4. The van der Waals surface area contributed by atoms with Crippen LogP contribution in [0.3, 0.4) is 0 Å². The average molecular weight is 483 g/mol. The first-order valence-electron chi connectivity index (χ1n) is 9.64. The molecule has 0 radical (unpaired) electrons. The van der Waals surface area contributed by atoms with Gasteiger partial charge in [0, 0.05) is 11.3 Å². The van der Waals surface area contributed by atoms with E-state index in [0.717, 1.165) is 23.3 Å². The minimum Gasteiger partial charge on any atom is -0.462 e. The van der Waals surface area contributed by atoms with Gasteiger partial charge in [0.25, 0.3) is 5.91 Å². The predicted molar refractivity (Wildman–Crippen MR) is 120 cm³/mol. The maximum absolute atomic E-state index is 12.9. The third kappa shape index (κ3) is 7.06. The lowest BCUT2D eigenvalue weighted by molar-refractivity contribution is -0.116. The smallest absolute Gasteiger partial charge is 0.413 e. The van der Waals surface area contributed by atoms with Crippen LogP contribution in [-0.2, 0) is 14.3 Å². The number of hydrogen-bond donors (Lipinski definition) is 2. The summed E-state index contributed by atoms with van der Waals surface area (Å²) in [5.41, 5.74) is 0.287. The van der Waals surface area contributed by atoms with E-state index in [9.17, 15) is 23.6 Å². The van der Waals surface area contributed by atoms with Gasteiger partial charge in [-0.25, -0.2) is 14.0 Å². The Balaban J connectivity index is 2.06. The van der Waals surface area contributed by atoms with Crippen molar-refractivity contribution in [3.8, 4) is 0 Å². The molecule has 1 heterocycles. The van der Waals surface area contributed by atoms with Gasteiger partial charge in [-0.05, 0) is 55.9 Å². The number of alkyl carbamates (subject to hydrolysis) is 1. The summed E-state index contributed by atoms with van der Waals surface area (Å²) in [5.74, 6) is -1.46. The van der Waals surface area contributed by atoms with Crippen LogP contribution in [0, 0.1) is 12.7 Å². The Kier molecular flexibility index (Phi) is 9.66. The summed E-state index contributed by atoms with van der Waals surface area (Å²) in [5, 5.41) is 4.82. The highest BCUT2D eigenvalue weighted by molar-refractivity contribution is 7.99. The Bertz CT molecular complexity index is 991. The molecule has 1 aromatic heterocycles. The number of benzene rings is 1. The zero-order valence-electron chi connectivity index (χ0n) is 17.8. The molecule has 8 nitrogen and oxygen atoms in total. The molecule has 0 aliphatic rings. The molecule has 2 rings (SSSR count). The van der Waals surface area contributed by atoms with Gasteiger partial charge in [-0.15, -0.1) is 23.1 Å². The monoisotopic (exact) mass is 482 g/mol. The summed E-state index contributed by atoms with van der Waals surface area (Å²) in [4.78, 5) is 49.7. The third-order valence-electron chi connectivity index (χ3n) is 4.12. The molecule has 0 fully saturated rings. The molecule has 2 N–H and O–H groups in total. The first kappa shape index (κ1) is 25.3. The zero-order chi connectivity index (χ0) is 23.7. The SMILES string of the molecule is CCOC(=O)c1sc(NC(=O)CCCSc2ccc(F)cc2)c(C(=O)NC(=O)OC)c1C. The van der Waals surface area contributed by atoms with Gasteiger partial charge in [0.05, 0.1) is 19.3 Å². The molecule has 0 spiro atoms. The van der Waals surface area contributed by atoms with Crippen molar-refractivity contribution in [1.82, 2.24) is 5.32 Å². The molecule has 1 aromatic carbocycles. The van der Waals surface area contributed by atoms with Crippen LogP contribution in [0.1, 0.15) is 45.4 Å². The normalized spacial score (nSPS) is 10.4. The van der Waals surface area contributed by atoms with E-state index in [-0.39, 0.29) is 45.8 Å². The number of esters is 1. The molecule has 172 valence electrons. The van der Waals surface area contributed by atoms with E-state index in [2.05, 4.69) is 10.1 Å². The Morgan fingerprint density at radius 3 is 2.47 bits per heavy atom. The molecule has 0 bridgehead atoms. The number of amides is 3. The number of imide groups is 1. The Morgan fingerprint density at radius 1 is 1.16 bits per heavy atom. The fraction of sp³-hybridized carbons (Fsp3) is 0.333. The Labute approximate surface area is 192 Å². The van der Waals surface area contributed by atoms with Gasteiger partial charge < -0.3 is 14.8 Å². The minimum absolute atomic E-state index is 0.00232. The molecular formula is C21H23FN2O6S2. The highest BCUT2D eigenvalue weighted by Crippen LogP contribution is 2.34. The highest BCUT2D eigenvalue weighted by atomic mass is 32.2. The standard InChI is InChI=1S/C21H23FN2O6S2/c1-4-30-20(27)17-12(2)16(18(26)24-21(28)29-3)19(32-17)23-15(25)6-5-11-31-14-9-7-13(22)8-10-14/h7-10H,4-6,11H2,1-3H3,(H,23,25)(H,24,26,28). The molecule has 0 aliphatic carbocycles. The number of anilines is 1. The van der Waals surface area contributed by atoms with Crippen molar-refractivity contribution in [2.24, 2.45) is 0 Å². The number of thiophene rings is 1. The molecule has 0 atom stereocenters. The maximum atomic E-state index is 12.9. The summed E-state index contributed by atoms with van der Waals surface area (Å²) in [6.45, 7) is 3.33. The lowest BCUT2D eigenvalue weighted by atomic mass is 10.1. The van der Waals surface area contributed by atoms with Crippen LogP contribution < -0.4 is 10.6 Å². The maximum Gasteiger partial charge on any atom is 0.413 e. The van der Waals surface area contributed by atoms with Crippen LogP contribution in [0.2, 0.25) is 0 Å². The summed E-state index contributed by atoms with van der Waals surface area (Å²) < 4.78 is 22.4. The molecule has 0 unspecified atom stereocenters. The van der Waals surface area contributed by atoms with Gasteiger partial charge in [0.1, 0.15) is 15.7 Å². The Morgan fingerprint density at radius 2 is 1.84 bits per heavy atom. The largest absolute Gasteiger partial charge is 0.462 e. The van der Waals surface area contributed by atoms with Gasteiger partial charge in [-0.3, -0.25) is 14.9 Å². The number of halogens is 1. The van der Waals surface area contributed by atoms with Crippen molar-refractivity contribution < 1.29 is 33.0 Å². The first-order chi connectivity index (χ1) is 15.3. The summed E-state index contributed by atoms with van der Waals surface area (Å²) in [6.07, 6.45) is -0.265. The fourth-order valence-electron chi connectivity index (χ4n) is 2.62. The van der Waals surface area contributed by atoms with E-state index < -0.39 is 18.0 Å². The molecule has 32 heavy (non-hydrogen) atoms. The summed E-state index contributed by atoms with van der Waals surface area (Å²) in [7, 11) is 1.11. The van der Waals surface area contributed by atoms with Gasteiger partial charge in [-0.1, -0.05) is 0 Å². The minimum atomic E-state index is -0.964. The Hall–Kier alpha value is -2.92. The second-order valence-corrected chi connectivity index (χ2v) is 8.57.